The molecule has 0 aliphatic heterocycles. The molecular formula is C12H16OS. The second-order valence-corrected chi connectivity index (χ2v) is 4.83. The summed E-state index contributed by atoms with van der Waals surface area (Å²) in [7, 11) is 0. The number of fused-ring (bicyclic) bond motifs is 1. The Labute approximate surface area is 89.6 Å². The van der Waals surface area contributed by atoms with Crippen LogP contribution in [0.1, 0.15) is 25.7 Å². The number of hydrogen-bond acceptors (Lipinski definition) is 2. The van der Waals surface area contributed by atoms with Crippen LogP contribution in [0.3, 0.4) is 0 Å². The van der Waals surface area contributed by atoms with Crippen LogP contribution in [0.2, 0.25) is 0 Å². The van der Waals surface area contributed by atoms with E-state index < -0.39 is 0 Å². The zero-order valence-electron chi connectivity index (χ0n) is 8.53. The fourth-order valence-electron chi connectivity index (χ4n) is 2.40. The minimum absolute atomic E-state index is 0.276. The smallest absolute Gasteiger partial charge is 0.214 e. The first-order valence-corrected chi connectivity index (χ1v) is 6.49. The van der Waals surface area contributed by atoms with Gasteiger partial charge in [0, 0.05) is 5.57 Å². The fraction of sp³-hybridized carbons (Fsp3) is 0.583. The maximum Gasteiger partial charge on any atom is 0.214 e. The van der Waals surface area contributed by atoms with E-state index in [1.807, 2.05) is 6.26 Å². The maximum absolute atomic E-state index is 11.5. The molecule has 0 N–H and O–H groups in total. The van der Waals surface area contributed by atoms with E-state index in [1.165, 1.54) is 31.0 Å². The molecule has 0 aromatic carbocycles. The molecule has 1 nitrogen and oxygen atoms in total. The summed E-state index contributed by atoms with van der Waals surface area (Å²) in [5.41, 5.74) is 1.06. The van der Waals surface area contributed by atoms with Crippen molar-refractivity contribution in [1.82, 2.24) is 0 Å². The van der Waals surface area contributed by atoms with E-state index >= 15 is 0 Å². The number of thioether (sulfide) groups is 1. The lowest BCUT2D eigenvalue weighted by Crippen LogP contribution is -2.20. The SMILES string of the molecule is CSC(=O)C1=C[C@H]2CCC=C[C@H]2CC1. The van der Waals surface area contributed by atoms with Gasteiger partial charge >= 0.3 is 0 Å². The minimum Gasteiger partial charge on any atom is -0.282 e. The second kappa shape index (κ2) is 4.35. The van der Waals surface area contributed by atoms with Gasteiger partial charge in [-0.25, -0.2) is 0 Å². The molecule has 0 fully saturated rings. The quantitative estimate of drug-likeness (QED) is 0.616. The van der Waals surface area contributed by atoms with Crippen LogP contribution < -0.4 is 0 Å². The summed E-state index contributed by atoms with van der Waals surface area (Å²) in [5.74, 6) is 1.35. The van der Waals surface area contributed by atoms with Gasteiger partial charge in [0.2, 0.25) is 5.12 Å². The van der Waals surface area contributed by atoms with E-state index in [4.69, 9.17) is 0 Å². The standard InChI is InChI=1S/C12H16OS/c1-14-12(13)11-7-6-9-4-2-3-5-10(9)8-11/h2,4,8-10H,3,5-7H2,1H3/t9-,10+/m0/s1. The second-order valence-electron chi connectivity index (χ2n) is 4.06. The topological polar surface area (TPSA) is 17.1 Å². The third kappa shape index (κ3) is 1.95. The van der Waals surface area contributed by atoms with Gasteiger partial charge in [0.25, 0.3) is 0 Å². The van der Waals surface area contributed by atoms with Crippen LogP contribution >= 0.6 is 11.8 Å². The molecule has 2 atom stereocenters. The Bertz CT molecular complexity index is 291. The molecule has 0 spiro atoms. The van der Waals surface area contributed by atoms with Gasteiger partial charge in [-0.3, -0.25) is 4.79 Å². The summed E-state index contributed by atoms with van der Waals surface area (Å²) in [4.78, 5) is 11.5. The van der Waals surface area contributed by atoms with Gasteiger partial charge in [-0.15, -0.1) is 0 Å². The van der Waals surface area contributed by atoms with Crippen LogP contribution in [0, 0.1) is 11.8 Å². The van der Waals surface area contributed by atoms with Crippen molar-refractivity contribution in [1.29, 1.82) is 0 Å². The Hall–Kier alpha value is -0.500. The molecule has 2 aliphatic carbocycles. The van der Waals surface area contributed by atoms with Gasteiger partial charge in [0.05, 0.1) is 0 Å². The molecular weight excluding hydrogens is 192 g/mol. The van der Waals surface area contributed by atoms with E-state index in [1.54, 1.807) is 0 Å². The summed E-state index contributed by atoms with van der Waals surface area (Å²) < 4.78 is 0. The number of hydrogen-bond donors (Lipinski definition) is 0. The molecule has 0 aromatic rings. The van der Waals surface area contributed by atoms with Crippen LogP contribution in [0.25, 0.3) is 0 Å². The third-order valence-corrected chi connectivity index (χ3v) is 3.84. The molecule has 14 heavy (non-hydrogen) atoms. The van der Waals surface area contributed by atoms with Crippen molar-refractivity contribution in [3.8, 4) is 0 Å². The van der Waals surface area contributed by atoms with E-state index in [9.17, 15) is 4.79 Å². The minimum atomic E-state index is 0.276. The van der Waals surface area contributed by atoms with E-state index in [0.29, 0.717) is 11.8 Å². The molecule has 0 heterocycles. The molecule has 0 amide bonds. The average Bonchev–Trinajstić information content (AvgIpc) is 2.27. The molecule has 76 valence electrons. The molecule has 2 rings (SSSR count). The van der Waals surface area contributed by atoms with Crippen molar-refractivity contribution in [2.75, 3.05) is 6.26 Å². The van der Waals surface area contributed by atoms with Crippen molar-refractivity contribution >= 4 is 16.9 Å². The van der Waals surface area contributed by atoms with Crippen molar-refractivity contribution in [2.45, 2.75) is 25.7 Å². The van der Waals surface area contributed by atoms with Crippen LogP contribution in [-0.2, 0) is 4.79 Å². The predicted molar refractivity (Wildman–Crippen MR) is 61.2 cm³/mol. The van der Waals surface area contributed by atoms with Gasteiger partial charge < -0.3 is 0 Å². The van der Waals surface area contributed by atoms with Crippen LogP contribution in [0.15, 0.2) is 23.8 Å². The van der Waals surface area contributed by atoms with Crippen molar-refractivity contribution in [3.05, 3.63) is 23.8 Å². The van der Waals surface area contributed by atoms with E-state index in [2.05, 4.69) is 18.2 Å². The highest BCUT2D eigenvalue weighted by molar-refractivity contribution is 8.13. The average molecular weight is 208 g/mol. The molecule has 2 heteroatoms. The zero-order valence-corrected chi connectivity index (χ0v) is 9.35. The Morgan fingerprint density at radius 2 is 2.29 bits per heavy atom. The molecule has 0 radical (unpaired) electrons. The van der Waals surface area contributed by atoms with Crippen molar-refractivity contribution in [3.63, 3.8) is 0 Å². The number of carbonyl (C=O) groups is 1. The van der Waals surface area contributed by atoms with Gasteiger partial charge in [0.1, 0.15) is 0 Å². The summed E-state index contributed by atoms with van der Waals surface area (Å²) in [6, 6.07) is 0. The van der Waals surface area contributed by atoms with E-state index in [0.717, 1.165) is 12.0 Å². The molecule has 0 aromatic heterocycles. The van der Waals surface area contributed by atoms with Gasteiger partial charge in [-0.2, -0.15) is 0 Å². The first kappa shape index (κ1) is 10.0. The predicted octanol–water partition coefficient (Wildman–Crippen LogP) is 3.18. The lowest BCUT2D eigenvalue weighted by molar-refractivity contribution is -0.108. The summed E-state index contributed by atoms with van der Waals surface area (Å²) in [5, 5.41) is 0.276. The van der Waals surface area contributed by atoms with E-state index in [-0.39, 0.29) is 5.12 Å². The lowest BCUT2D eigenvalue weighted by atomic mass is 9.76. The highest BCUT2D eigenvalue weighted by atomic mass is 32.2. The Morgan fingerprint density at radius 3 is 3.07 bits per heavy atom. The monoisotopic (exact) mass is 208 g/mol. The summed E-state index contributed by atoms with van der Waals surface area (Å²) >= 11 is 1.35. The largest absolute Gasteiger partial charge is 0.282 e. The van der Waals surface area contributed by atoms with Gasteiger partial charge in [-0.1, -0.05) is 30.0 Å². The summed E-state index contributed by atoms with van der Waals surface area (Å²) in [6.45, 7) is 0. The first-order chi connectivity index (χ1) is 6.81. The molecule has 0 saturated carbocycles. The molecule has 0 saturated heterocycles. The van der Waals surface area contributed by atoms with Crippen LogP contribution in [0.4, 0.5) is 0 Å². The zero-order chi connectivity index (χ0) is 9.97. The van der Waals surface area contributed by atoms with Crippen LogP contribution in [0.5, 0.6) is 0 Å². The number of rotatable bonds is 1. The van der Waals surface area contributed by atoms with Gasteiger partial charge in [0.15, 0.2) is 0 Å². The lowest BCUT2D eigenvalue weighted by Gasteiger charge is -2.30. The highest BCUT2D eigenvalue weighted by Crippen LogP contribution is 2.36. The summed E-state index contributed by atoms with van der Waals surface area (Å²) in [6.07, 6.45) is 13.3. The molecule has 2 aliphatic rings. The van der Waals surface area contributed by atoms with Crippen molar-refractivity contribution < 1.29 is 4.79 Å². The third-order valence-electron chi connectivity index (χ3n) is 3.21. The van der Waals surface area contributed by atoms with Gasteiger partial charge in [-0.05, 0) is 43.8 Å². The Balaban J connectivity index is 2.13. The highest BCUT2D eigenvalue weighted by Gasteiger charge is 2.26. The molecule has 0 unspecified atom stereocenters. The first-order valence-electron chi connectivity index (χ1n) is 5.27. The number of carbonyl (C=O) groups excluding carboxylic acids is 1. The maximum atomic E-state index is 11.5. The Morgan fingerprint density at radius 1 is 1.43 bits per heavy atom. The molecule has 0 bridgehead atoms. The fourth-order valence-corrected chi connectivity index (χ4v) is 2.83. The van der Waals surface area contributed by atoms with Crippen LogP contribution in [-0.4, -0.2) is 11.4 Å². The Kier molecular flexibility index (Phi) is 3.12. The normalized spacial score (nSPS) is 30.8. The number of allylic oxidation sites excluding steroid dienone is 3. The van der Waals surface area contributed by atoms with Crippen molar-refractivity contribution in [2.24, 2.45) is 11.8 Å².